The molecule has 0 bridgehead atoms. The van der Waals surface area contributed by atoms with E-state index in [1.54, 1.807) is 0 Å². The topological polar surface area (TPSA) is 95.9 Å². The van der Waals surface area contributed by atoms with Crippen LogP contribution in [0.15, 0.2) is 12.2 Å². The fourth-order valence-corrected chi connectivity index (χ4v) is 12.6. The van der Waals surface area contributed by atoms with Crippen LogP contribution in [0.5, 0.6) is 0 Å². The first-order valence-electron chi connectivity index (χ1n) is 38.9. The molecule has 0 saturated heterocycles. The molecule has 0 aliphatic rings. The van der Waals surface area contributed by atoms with Crippen molar-refractivity contribution < 1.29 is 24.5 Å². The smallest absolute Gasteiger partial charge is 0.305 e. The standard InChI is InChI=1S/C78H153NO5/c1-3-5-7-9-11-13-15-17-18-19-20-38-41-44-47-50-54-58-62-66-70-76(81)75(74-80)79-77(82)71-67-63-59-55-51-48-45-42-39-36-34-32-30-28-26-24-22-21-23-25-27-29-31-33-35-37-40-43-46-49-53-57-61-65-69-73-84-78(83)72-68-64-60-56-52-16-14-12-10-8-6-4-2/h23,25,75-76,80-81H,3-22,24,26-74H2,1-2H3,(H,79,82)/b25-23-. The summed E-state index contributed by atoms with van der Waals surface area (Å²) < 4.78 is 5.49. The van der Waals surface area contributed by atoms with E-state index in [2.05, 4.69) is 31.3 Å². The fraction of sp³-hybridized carbons (Fsp3) is 0.949. The maximum Gasteiger partial charge on any atom is 0.305 e. The average molecular weight is 1190 g/mol. The van der Waals surface area contributed by atoms with Crippen LogP contribution in [0.25, 0.3) is 0 Å². The van der Waals surface area contributed by atoms with Crippen LogP contribution in [0.3, 0.4) is 0 Å². The molecule has 0 radical (unpaired) electrons. The number of nitrogens with one attached hydrogen (secondary N) is 1. The number of allylic oxidation sites excluding steroid dienone is 2. The van der Waals surface area contributed by atoms with Crippen molar-refractivity contribution in [2.24, 2.45) is 0 Å². The molecule has 2 unspecified atom stereocenters. The first-order valence-corrected chi connectivity index (χ1v) is 38.9. The molecule has 6 heteroatoms. The van der Waals surface area contributed by atoms with E-state index in [-0.39, 0.29) is 18.5 Å². The Balaban J connectivity index is 3.34. The van der Waals surface area contributed by atoms with Crippen LogP contribution in [0.1, 0.15) is 450 Å². The van der Waals surface area contributed by atoms with Gasteiger partial charge in [0.15, 0.2) is 0 Å². The van der Waals surface area contributed by atoms with Gasteiger partial charge < -0.3 is 20.3 Å². The molecule has 0 aliphatic carbocycles. The Morgan fingerprint density at radius 2 is 0.560 bits per heavy atom. The monoisotopic (exact) mass is 1180 g/mol. The first-order chi connectivity index (χ1) is 41.5. The van der Waals surface area contributed by atoms with E-state index < -0.39 is 12.1 Å². The third-order valence-corrected chi connectivity index (χ3v) is 18.6. The van der Waals surface area contributed by atoms with Crippen molar-refractivity contribution in [3.8, 4) is 0 Å². The normalized spacial score (nSPS) is 12.5. The minimum atomic E-state index is -0.662. The van der Waals surface area contributed by atoms with Crippen LogP contribution in [-0.2, 0) is 14.3 Å². The van der Waals surface area contributed by atoms with E-state index in [0.717, 1.165) is 38.5 Å². The minimum absolute atomic E-state index is 0.0220. The Labute approximate surface area is 527 Å². The lowest BCUT2D eigenvalue weighted by atomic mass is 10.0. The van der Waals surface area contributed by atoms with Crippen molar-refractivity contribution in [2.45, 2.75) is 463 Å². The third kappa shape index (κ3) is 69.7. The van der Waals surface area contributed by atoms with Gasteiger partial charge in [0.25, 0.3) is 0 Å². The zero-order valence-corrected chi connectivity index (χ0v) is 57.4. The summed E-state index contributed by atoms with van der Waals surface area (Å²) in [6.07, 6.45) is 93.0. The quantitative estimate of drug-likeness (QED) is 0.0320. The number of esters is 1. The zero-order valence-electron chi connectivity index (χ0n) is 57.4. The number of aliphatic hydroxyl groups excluding tert-OH is 2. The molecule has 0 aromatic rings. The van der Waals surface area contributed by atoms with E-state index in [0.29, 0.717) is 25.9 Å². The molecule has 1 amide bonds. The summed E-state index contributed by atoms with van der Waals surface area (Å²) in [4.78, 5) is 24.6. The van der Waals surface area contributed by atoms with Crippen molar-refractivity contribution in [1.82, 2.24) is 5.32 Å². The van der Waals surface area contributed by atoms with E-state index in [1.807, 2.05) is 0 Å². The molecule has 0 heterocycles. The van der Waals surface area contributed by atoms with E-state index in [4.69, 9.17) is 4.74 Å². The van der Waals surface area contributed by atoms with Crippen molar-refractivity contribution in [3.63, 3.8) is 0 Å². The number of rotatable bonds is 74. The van der Waals surface area contributed by atoms with Gasteiger partial charge in [0, 0.05) is 12.8 Å². The van der Waals surface area contributed by atoms with Gasteiger partial charge in [-0.15, -0.1) is 0 Å². The molecule has 0 saturated carbocycles. The zero-order chi connectivity index (χ0) is 60.6. The number of carbonyl (C=O) groups is 2. The molecule has 6 nitrogen and oxygen atoms in total. The lowest BCUT2D eigenvalue weighted by Gasteiger charge is -2.22. The molecule has 0 aromatic heterocycles. The second kappa shape index (κ2) is 74.1. The van der Waals surface area contributed by atoms with Crippen molar-refractivity contribution in [1.29, 1.82) is 0 Å². The van der Waals surface area contributed by atoms with Crippen molar-refractivity contribution >= 4 is 11.9 Å². The highest BCUT2D eigenvalue weighted by Gasteiger charge is 2.20. The maximum atomic E-state index is 12.6. The second-order valence-corrected chi connectivity index (χ2v) is 27.0. The summed E-state index contributed by atoms with van der Waals surface area (Å²) in [5.74, 6) is -0.00405. The largest absolute Gasteiger partial charge is 0.466 e. The van der Waals surface area contributed by atoms with Gasteiger partial charge in [-0.25, -0.2) is 0 Å². The molecule has 0 rings (SSSR count). The summed E-state index contributed by atoms with van der Waals surface area (Å²) in [6, 6.07) is -0.539. The van der Waals surface area contributed by atoms with Gasteiger partial charge in [0.2, 0.25) is 5.91 Å². The van der Waals surface area contributed by atoms with Crippen LogP contribution in [0.2, 0.25) is 0 Å². The highest BCUT2D eigenvalue weighted by Crippen LogP contribution is 2.20. The summed E-state index contributed by atoms with van der Waals surface area (Å²) in [7, 11) is 0. The number of amides is 1. The fourth-order valence-electron chi connectivity index (χ4n) is 12.6. The molecule has 0 fully saturated rings. The molecule has 0 spiro atoms. The highest BCUT2D eigenvalue weighted by molar-refractivity contribution is 5.76. The Morgan fingerprint density at radius 3 is 0.845 bits per heavy atom. The predicted molar refractivity (Wildman–Crippen MR) is 370 cm³/mol. The molecule has 0 aromatic carbocycles. The van der Waals surface area contributed by atoms with Gasteiger partial charge >= 0.3 is 5.97 Å². The first kappa shape index (κ1) is 82.6. The van der Waals surface area contributed by atoms with Crippen molar-refractivity contribution in [3.05, 3.63) is 12.2 Å². The summed E-state index contributed by atoms with van der Waals surface area (Å²) in [5, 5.41) is 23.4. The Hall–Kier alpha value is -1.40. The Kier molecular flexibility index (Phi) is 72.8. The summed E-state index contributed by atoms with van der Waals surface area (Å²) in [6.45, 7) is 5.01. The molecule has 2 atom stereocenters. The van der Waals surface area contributed by atoms with Crippen LogP contribution < -0.4 is 5.32 Å². The molecule has 500 valence electrons. The molecule has 84 heavy (non-hydrogen) atoms. The SMILES string of the molecule is CCCCCCCCCCCCCCCCCCCCCCC(O)C(CO)NC(=O)CCCCCCCCCCCCCCCCCCC/C=C\CCCCCCCCCCCCCCCCOC(=O)CCCCCCCCCCCCCC. The molecular weight excluding hydrogens is 1030 g/mol. The maximum absolute atomic E-state index is 12.6. The number of aliphatic hydroxyl groups is 2. The van der Waals surface area contributed by atoms with Crippen LogP contribution >= 0.6 is 0 Å². The Morgan fingerprint density at radius 1 is 0.321 bits per heavy atom. The van der Waals surface area contributed by atoms with Gasteiger partial charge in [-0.05, 0) is 51.4 Å². The third-order valence-electron chi connectivity index (χ3n) is 18.6. The summed E-state index contributed by atoms with van der Waals surface area (Å²) >= 11 is 0. The van der Waals surface area contributed by atoms with E-state index in [9.17, 15) is 19.8 Å². The number of carbonyl (C=O) groups excluding carboxylic acids is 2. The van der Waals surface area contributed by atoms with Crippen LogP contribution in [0.4, 0.5) is 0 Å². The Bertz CT molecular complexity index is 1270. The second-order valence-electron chi connectivity index (χ2n) is 27.0. The lowest BCUT2D eigenvalue weighted by Crippen LogP contribution is -2.45. The molecular formula is C78H153NO5. The predicted octanol–water partition coefficient (Wildman–Crippen LogP) is 25.5. The van der Waals surface area contributed by atoms with E-state index in [1.165, 1.54) is 379 Å². The molecule has 0 aliphatic heterocycles. The lowest BCUT2D eigenvalue weighted by molar-refractivity contribution is -0.143. The van der Waals surface area contributed by atoms with E-state index >= 15 is 0 Å². The molecule has 3 N–H and O–H groups in total. The summed E-state index contributed by atoms with van der Waals surface area (Å²) in [5.41, 5.74) is 0. The van der Waals surface area contributed by atoms with Gasteiger partial charge in [-0.2, -0.15) is 0 Å². The number of ether oxygens (including phenoxy) is 1. The van der Waals surface area contributed by atoms with Crippen LogP contribution in [0, 0.1) is 0 Å². The van der Waals surface area contributed by atoms with Crippen molar-refractivity contribution in [2.75, 3.05) is 13.2 Å². The van der Waals surface area contributed by atoms with Gasteiger partial charge in [0.05, 0.1) is 25.4 Å². The average Bonchev–Trinajstić information content (AvgIpc) is 3.52. The number of unbranched alkanes of at least 4 members (excludes halogenated alkanes) is 61. The van der Waals surface area contributed by atoms with Gasteiger partial charge in [-0.3, -0.25) is 9.59 Å². The van der Waals surface area contributed by atoms with Gasteiger partial charge in [-0.1, -0.05) is 398 Å². The van der Waals surface area contributed by atoms with Crippen LogP contribution in [-0.4, -0.2) is 47.4 Å². The minimum Gasteiger partial charge on any atom is -0.466 e. The van der Waals surface area contributed by atoms with Gasteiger partial charge in [0.1, 0.15) is 0 Å². The number of hydrogen-bond acceptors (Lipinski definition) is 5. The number of hydrogen-bond donors (Lipinski definition) is 3. The highest BCUT2D eigenvalue weighted by atomic mass is 16.5.